The molecule has 6 heteroatoms. The highest BCUT2D eigenvalue weighted by atomic mass is 16.5. The number of likely N-dealkylation sites (N-methyl/N-ethyl adjacent to an activating group) is 1. The lowest BCUT2D eigenvalue weighted by atomic mass is 10.2. The molecule has 1 aliphatic heterocycles. The van der Waals surface area contributed by atoms with E-state index in [2.05, 4.69) is 28.1 Å². The second-order valence-corrected chi connectivity index (χ2v) is 7.44. The summed E-state index contributed by atoms with van der Waals surface area (Å²) in [6.45, 7) is 14.9. The minimum Gasteiger partial charge on any atom is -0.491 e. The molecule has 1 heterocycles. The first-order valence-corrected chi connectivity index (χ1v) is 10.2. The first-order valence-electron chi connectivity index (χ1n) is 10.2. The molecule has 27 heavy (non-hydrogen) atoms. The van der Waals surface area contributed by atoms with Crippen molar-refractivity contribution in [3.05, 3.63) is 29.8 Å². The Morgan fingerprint density at radius 1 is 1.15 bits per heavy atom. The molecular formula is C21H37N3O3. The van der Waals surface area contributed by atoms with Gasteiger partial charge in [0, 0.05) is 45.8 Å². The van der Waals surface area contributed by atoms with Crippen LogP contribution in [0.15, 0.2) is 24.3 Å². The van der Waals surface area contributed by atoms with Crippen LogP contribution >= 0.6 is 0 Å². The zero-order valence-electron chi connectivity index (χ0n) is 17.2. The fraction of sp³-hybridized carbons (Fsp3) is 0.714. The van der Waals surface area contributed by atoms with Crippen molar-refractivity contribution >= 4 is 0 Å². The highest BCUT2D eigenvalue weighted by molar-refractivity contribution is 5.28. The first-order chi connectivity index (χ1) is 13.1. The zero-order valence-corrected chi connectivity index (χ0v) is 17.2. The lowest BCUT2D eigenvalue weighted by Crippen LogP contribution is -2.49. The molecule has 0 bridgehead atoms. The van der Waals surface area contributed by atoms with E-state index in [1.54, 1.807) is 0 Å². The van der Waals surface area contributed by atoms with Gasteiger partial charge in [-0.3, -0.25) is 4.90 Å². The van der Waals surface area contributed by atoms with Gasteiger partial charge in [0.05, 0.1) is 12.7 Å². The van der Waals surface area contributed by atoms with E-state index in [9.17, 15) is 5.11 Å². The van der Waals surface area contributed by atoms with Gasteiger partial charge in [-0.2, -0.15) is 0 Å². The molecule has 6 nitrogen and oxygen atoms in total. The smallest absolute Gasteiger partial charge is 0.119 e. The summed E-state index contributed by atoms with van der Waals surface area (Å²) in [5.41, 5.74) is 1.17. The summed E-state index contributed by atoms with van der Waals surface area (Å²) >= 11 is 0. The lowest BCUT2D eigenvalue weighted by molar-refractivity contribution is 0.0471. The van der Waals surface area contributed by atoms with E-state index in [1.807, 2.05) is 32.0 Å². The van der Waals surface area contributed by atoms with Gasteiger partial charge in [0.25, 0.3) is 0 Å². The van der Waals surface area contributed by atoms with Crippen LogP contribution in [0.1, 0.15) is 26.3 Å². The summed E-state index contributed by atoms with van der Waals surface area (Å²) < 4.78 is 11.3. The number of β-amino-alcohol motifs (C(OH)–C–C–N with tert-alkyl or cyclic N) is 1. The topological polar surface area (TPSA) is 57.2 Å². The average Bonchev–Trinajstić information content (AvgIpc) is 2.67. The molecule has 1 saturated heterocycles. The van der Waals surface area contributed by atoms with E-state index >= 15 is 0 Å². The lowest BCUT2D eigenvalue weighted by Gasteiger charge is -2.34. The number of ether oxygens (including phenoxy) is 2. The number of hydrogen-bond donors (Lipinski definition) is 2. The number of aliphatic hydroxyl groups excluding tert-OH is 1. The number of aliphatic hydroxyl groups is 1. The molecule has 154 valence electrons. The van der Waals surface area contributed by atoms with Gasteiger partial charge in [-0.25, -0.2) is 0 Å². The van der Waals surface area contributed by atoms with Crippen molar-refractivity contribution in [2.75, 3.05) is 59.0 Å². The van der Waals surface area contributed by atoms with E-state index in [-0.39, 0.29) is 6.10 Å². The summed E-state index contributed by atoms with van der Waals surface area (Å²) in [4.78, 5) is 4.76. The average molecular weight is 380 g/mol. The Hall–Kier alpha value is -1.18. The Morgan fingerprint density at radius 3 is 2.59 bits per heavy atom. The number of hydrogen-bond acceptors (Lipinski definition) is 6. The van der Waals surface area contributed by atoms with Gasteiger partial charge in [-0.15, -0.1) is 0 Å². The van der Waals surface area contributed by atoms with Crippen LogP contribution in [0, 0.1) is 0 Å². The molecule has 1 atom stereocenters. The number of nitrogens with one attached hydrogen (secondary N) is 1. The number of benzene rings is 1. The normalized spacial score (nSPS) is 17.4. The molecule has 1 fully saturated rings. The Kier molecular flexibility index (Phi) is 10.1. The van der Waals surface area contributed by atoms with Crippen molar-refractivity contribution in [3.8, 4) is 5.75 Å². The summed E-state index contributed by atoms with van der Waals surface area (Å²) in [5, 5.41) is 13.7. The molecule has 1 aromatic carbocycles. The van der Waals surface area contributed by atoms with Gasteiger partial charge >= 0.3 is 0 Å². The maximum atomic E-state index is 10.3. The van der Waals surface area contributed by atoms with Crippen molar-refractivity contribution in [2.24, 2.45) is 0 Å². The van der Waals surface area contributed by atoms with Gasteiger partial charge < -0.3 is 24.8 Å². The Morgan fingerprint density at radius 2 is 1.89 bits per heavy atom. The fourth-order valence-electron chi connectivity index (χ4n) is 3.18. The van der Waals surface area contributed by atoms with Crippen LogP contribution in [0.25, 0.3) is 0 Å². The first kappa shape index (κ1) is 22.1. The Bertz CT molecular complexity index is 519. The van der Waals surface area contributed by atoms with Crippen LogP contribution in [0.2, 0.25) is 0 Å². The minimum absolute atomic E-state index is 0.269. The van der Waals surface area contributed by atoms with Crippen LogP contribution in [-0.4, -0.2) is 86.1 Å². The van der Waals surface area contributed by atoms with Crippen LogP contribution in [0.4, 0.5) is 0 Å². The molecule has 0 spiro atoms. The van der Waals surface area contributed by atoms with Crippen molar-refractivity contribution in [1.29, 1.82) is 0 Å². The molecular weight excluding hydrogens is 342 g/mol. The molecule has 0 aliphatic carbocycles. The molecule has 0 aromatic heterocycles. The zero-order chi connectivity index (χ0) is 19.5. The summed E-state index contributed by atoms with van der Waals surface area (Å²) in [5.74, 6) is 0.808. The van der Waals surface area contributed by atoms with Gasteiger partial charge in [0.2, 0.25) is 0 Å². The monoisotopic (exact) mass is 379 g/mol. The number of nitrogens with zero attached hydrogens (tertiary/aromatic N) is 2. The Labute approximate surface area is 164 Å². The standard InChI is InChI=1S/C21H37N3O3/c1-4-23-9-11-24(12-10-23)16-20(25)17-27-21-7-5-6-19(14-21)15-22-8-13-26-18(2)3/h5-7,14,18,20,22,25H,4,8-13,15-17H2,1-3H3. The molecule has 2 rings (SSSR count). The van der Waals surface area contributed by atoms with Crippen molar-refractivity contribution in [3.63, 3.8) is 0 Å². The van der Waals surface area contributed by atoms with Crippen LogP contribution in [0.3, 0.4) is 0 Å². The van der Waals surface area contributed by atoms with Gasteiger partial charge in [-0.05, 0) is 38.1 Å². The van der Waals surface area contributed by atoms with Crippen LogP contribution in [0.5, 0.6) is 5.75 Å². The molecule has 1 aliphatic rings. The van der Waals surface area contributed by atoms with Crippen LogP contribution < -0.4 is 10.1 Å². The minimum atomic E-state index is -0.465. The second-order valence-electron chi connectivity index (χ2n) is 7.44. The highest BCUT2D eigenvalue weighted by Gasteiger charge is 2.18. The van der Waals surface area contributed by atoms with Crippen molar-refractivity contribution in [2.45, 2.75) is 39.5 Å². The molecule has 1 aromatic rings. The number of rotatable bonds is 12. The van der Waals surface area contributed by atoms with E-state index in [4.69, 9.17) is 9.47 Å². The maximum Gasteiger partial charge on any atom is 0.119 e. The van der Waals surface area contributed by atoms with Gasteiger partial charge in [0.1, 0.15) is 18.5 Å². The third kappa shape index (κ3) is 9.04. The van der Waals surface area contributed by atoms with Crippen LogP contribution in [-0.2, 0) is 11.3 Å². The molecule has 0 amide bonds. The molecule has 0 saturated carbocycles. The van der Waals surface area contributed by atoms with E-state index in [0.717, 1.165) is 51.6 Å². The summed E-state index contributed by atoms with van der Waals surface area (Å²) in [7, 11) is 0. The van der Waals surface area contributed by atoms with Crippen molar-refractivity contribution < 1.29 is 14.6 Å². The van der Waals surface area contributed by atoms with E-state index < -0.39 is 6.10 Å². The van der Waals surface area contributed by atoms with E-state index in [0.29, 0.717) is 19.8 Å². The van der Waals surface area contributed by atoms with E-state index in [1.165, 1.54) is 5.56 Å². The quantitative estimate of drug-likeness (QED) is 0.538. The largest absolute Gasteiger partial charge is 0.491 e. The third-order valence-corrected chi connectivity index (χ3v) is 4.78. The highest BCUT2D eigenvalue weighted by Crippen LogP contribution is 2.14. The third-order valence-electron chi connectivity index (χ3n) is 4.78. The molecule has 1 unspecified atom stereocenters. The SMILES string of the molecule is CCN1CCN(CC(O)COc2cccc(CNCCOC(C)C)c2)CC1. The predicted molar refractivity (Wildman–Crippen MR) is 109 cm³/mol. The summed E-state index contributed by atoms with van der Waals surface area (Å²) in [6, 6.07) is 8.04. The summed E-state index contributed by atoms with van der Waals surface area (Å²) in [6.07, 6.45) is -0.196. The predicted octanol–water partition coefficient (Wildman–Crippen LogP) is 1.58. The Balaban J connectivity index is 1.65. The second kappa shape index (κ2) is 12.3. The fourth-order valence-corrected chi connectivity index (χ4v) is 3.18. The van der Waals surface area contributed by atoms with Gasteiger partial charge in [0.15, 0.2) is 0 Å². The van der Waals surface area contributed by atoms with Gasteiger partial charge in [-0.1, -0.05) is 19.1 Å². The number of piperazine rings is 1. The van der Waals surface area contributed by atoms with Crippen molar-refractivity contribution in [1.82, 2.24) is 15.1 Å². The molecule has 0 radical (unpaired) electrons. The maximum absolute atomic E-state index is 10.3. The molecule has 2 N–H and O–H groups in total.